The van der Waals surface area contributed by atoms with Crippen LogP contribution in [0.25, 0.3) is 6.08 Å². The molecule has 0 N–H and O–H groups in total. The largest absolute Gasteiger partial charge is 0.458 e. The number of alkyl halides is 9. The third kappa shape index (κ3) is 42.1. The second-order valence-corrected chi connectivity index (χ2v) is 39.0. The van der Waals surface area contributed by atoms with E-state index >= 15 is 0 Å². The number of fused-ring (bicyclic) bond motifs is 2. The van der Waals surface area contributed by atoms with Crippen LogP contribution in [0.5, 0.6) is 11.5 Å². The van der Waals surface area contributed by atoms with Gasteiger partial charge in [-0.3, -0.25) is 0 Å². The minimum Gasteiger partial charge on any atom is -0.458 e. The van der Waals surface area contributed by atoms with Gasteiger partial charge in [-0.15, -0.1) is 0 Å². The SMILES string of the molecule is CC(C)/C=C/c1c(F)c(F)c(F)c(F)c1F.CC(C)B(c1ccccc1)c1ccccc1.CC(C)B1c2ccccc2Oc2ccccc21.CC(C)C#CC#N.CC(C)C#CC(F)(F)F.CC(C)C#Cc1c(F)c(F)c(F)c(F)c1F.CC(C)C=C(C#N)C#N.CC(C)C=C(C(F)(F)F)C(F)(F)F.CC(C)P(=O)(c1ccccc1)c1ccccc1.CC(C)P(C)(C)=O. The van der Waals surface area contributed by atoms with E-state index < -0.39 is 114 Å². The zero-order valence-corrected chi connectivity index (χ0v) is 76.8. The van der Waals surface area contributed by atoms with Crippen LogP contribution in [0.15, 0.2) is 199 Å². The quantitative estimate of drug-likeness (QED) is 0.0176. The van der Waals surface area contributed by atoms with Crippen LogP contribution in [0, 0.1) is 163 Å². The molecule has 9 rings (SSSR count). The molecule has 0 fully saturated rings. The Labute approximate surface area is 738 Å². The Morgan fingerprint density at radius 2 is 0.748 bits per heavy atom. The smallest absolute Gasteiger partial charge is 0.457 e. The summed E-state index contributed by atoms with van der Waals surface area (Å²) in [5, 5.41) is 26.3. The van der Waals surface area contributed by atoms with E-state index in [1.807, 2.05) is 153 Å². The van der Waals surface area contributed by atoms with Gasteiger partial charge in [0.2, 0.25) is 25.1 Å². The molecule has 127 heavy (non-hydrogen) atoms. The van der Waals surface area contributed by atoms with E-state index in [4.69, 9.17) is 20.5 Å². The summed E-state index contributed by atoms with van der Waals surface area (Å²) < 4.78 is 263. The van der Waals surface area contributed by atoms with Crippen LogP contribution in [-0.2, 0) is 9.13 Å². The molecule has 0 spiro atoms. The molecule has 29 heteroatoms. The lowest BCUT2D eigenvalue weighted by atomic mass is 9.33. The molecule has 8 aromatic carbocycles. The van der Waals surface area contributed by atoms with Crippen molar-refractivity contribution in [1.82, 2.24) is 0 Å². The maximum Gasteiger partial charge on any atom is 0.457 e. The third-order valence-corrected chi connectivity index (χ3v) is 23.1. The van der Waals surface area contributed by atoms with Crippen LogP contribution in [-0.4, -0.2) is 56.6 Å². The van der Waals surface area contributed by atoms with E-state index in [0.29, 0.717) is 36.6 Å². The molecule has 6 nitrogen and oxygen atoms in total. The number of halogens is 19. The molecular weight excluding hydrogens is 1710 g/mol. The van der Waals surface area contributed by atoms with E-state index in [9.17, 15) is 92.5 Å². The number of ether oxygens (including phenoxy) is 1. The fraction of sp³-hybridized carbons (Fsp3) is 0.357. The van der Waals surface area contributed by atoms with Gasteiger partial charge in [-0.25, -0.2) is 43.9 Å². The highest BCUT2D eigenvalue weighted by atomic mass is 31.2. The van der Waals surface area contributed by atoms with Gasteiger partial charge in [-0.2, -0.15) is 55.3 Å². The van der Waals surface area contributed by atoms with E-state index in [1.165, 1.54) is 47.7 Å². The summed E-state index contributed by atoms with van der Waals surface area (Å²) in [7, 11) is -4.23. The first-order valence-electron chi connectivity index (χ1n) is 40.1. The van der Waals surface area contributed by atoms with E-state index in [0.717, 1.165) is 28.2 Å². The first kappa shape index (κ1) is 116. The molecule has 0 unspecified atom stereocenters. The summed E-state index contributed by atoms with van der Waals surface area (Å²) in [4.78, 5) is 0. The van der Waals surface area contributed by atoms with Crippen molar-refractivity contribution in [3.05, 3.63) is 269 Å². The van der Waals surface area contributed by atoms with Crippen LogP contribution in [0.2, 0.25) is 11.6 Å². The molecule has 0 aliphatic carbocycles. The molecule has 1 aliphatic heterocycles. The van der Waals surface area contributed by atoms with Gasteiger partial charge in [0.1, 0.15) is 47.5 Å². The van der Waals surface area contributed by atoms with Crippen molar-refractivity contribution in [2.75, 3.05) is 13.3 Å². The van der Waals surface area contributed by atoms with Gasteiger partial charge in [0.25, 0.3) is 0 Å². The highest BCUT2D eigenvalue weighted by Gasteiger charge is 2.50. The van der Waals surface area contributed by atoms with Crippen LogP contribution >= 0.6 is 14.3 Å². The van der Waals surface area contributed by atoms with Gasteiger partial charge >= 0.3 is 18.5 Å². The number of nitriles is 3. The predicted molar refractivity (Wildman–Crippen MR) is 480 cm³/mol. The average Bonchev–Trinajstić information content (AvgIpc) is 0.796. The molecule has 1 aliphatic rings. The maximum absolute atomic E-state index is 13.3. The van der Waals surface area contributed by atoms with Crippen molar-refractivity contribution in [3.8, 4) is 65.2 Å². The average molecular weight is 1820 g/mol. The number of allylic oxidation sites excluding steroid dienone is 5. The molecule has 1 heterocycles. The van der Waals surface area contributed by atoms with Crippen molar-refractivity contribution in [2.24, 2.45) is 35.5 Å². The normalized spacial score (nSPS) is 11.1. The van der Waals surface area contributed by atoms with E-state index in [1.54, 1.807) is 65.8 Å². The van der Waals surface area contributed by atoms with Gasteiger partial charge < -0.3 is 13.9 Å². The Morgan fingerprint density at radius 1 is 0.417 bits per heavy atom. The second kappa shape index (κ2) is 56.4. The topological polar surface area (TPSA) is 115 Å². The van der Waals surface area contributed by atoms with Crippen molar-refractivity contribution < 1.29 is 97.3 Å². The monoisotopic (exact) mass is 1820 g/mol. The fourth-order valence-corrected chi connectivity index (χ4v) is 13.2. The second-order valence-electron chi connectivity index (χ2n) is 31.7. The van der Waals surface area contributed by atoms with E-state index in [-0.39, 0.29) is 41.0 Å². The maximum atomic E-state index is 13.3. The lowest BCUT2D eigenvalue weighted by molar-refractivity contribution is -0.172. The van der Waals surface area contributed by atoms with Crippen LogP contribution in [0.1, 0.15) is 150 Å². The summed E-state index contributed by atoms with van der Waals surface area (Å²) in [6, 6.07) is 63.1. The Bertz CT molecular complexity index is 5040. The molecule has 0 saturated heterocycles. The molecule has 0 aromatic heterocycles. The molecule has 0 radical (unpaired) electrons. The Kier molecular flexibility index (Phi) is 51.6. The Hall–Kier alpha value is -10.8. The highest BCUT2D eigenvalue weighted by Crippen LogP contribution is 2.48. The first-order valence-corrected chi connectivity index (χ1v) is 44.6. The third-order valence-electron chi connectivity index (χ3n) is 17.0. The summed E-state index contributed by atoms with van der Waals surface area (Å²) in [5.41, 5.74) is 1.66. The Balaban J connectivity index is 0.00000141. The minimum atomic E-state index is -5.33. The molecule has 682 valence electrons. The van der Waals surface area contributed by atoms with Crippen LogP contribution < -0.4 is 37.2 Å². The van der Waals surface area contributed by atoms with Crippen molar-refractivity contribution in [3.63, 3.8) is 0 Å². The van der Waals surface area contributed by atoms with Crippen molar-refractivity contribution >= 4 is 66.2 Å². The summed E-state index contributed by atoms with van der Waals surface area (Å²) in [6.45, 7) is 41.8. The van der Waals surface area contributed by atoms with Crippen LogP contribution in [0.4, 0.5) is 83.4 Å². The zero-order chi connectivity index (χ0) is 97.8. The predicted octanol–water partition coefficient (Wildman–Crippen LogP) is 27.1. The summed E-state index contributed by atoms with van der Waals surface area (Å²) in [6.07, 6.45) is -10.9. The standard InChI is InChI=1S/C15H15BO.C15H17B.C15H17OP.C11H9F5.C11H7F5.C7H8F6.C7H8N2.C6H7F3.C6H7N.C5H13OP/c1-11(2)16-12-7-3-5-9-14(12)17-15-10-6-4-8-13(15)16;1-13(2)16(14-9-5-3-6-10-14)15-11-7-4-8-12-15;1-13(2)17(16,14-9-5-3-6-10-14)15-11-7-4-8-12-15;2*1-5(2)3-4-6-7(12)9(14)11(16)10(15)8(6)13;1-4(2)3-5(6(8,9)10)7(11,12)13;1-6(2)3-7(4-8)5-9;1-5(2)3-4-6(7,8)9;1-6(2)4-3-5-7;1-5(2)7(3,4)6/h3-11H,1-2H3;3-13H,1-2H3;3-13H,1-2H3;3-5H,1-2H3;5H,1-2H3;3-4H,1-2H3;3,6H,1-2H3;5H,1-2H3;6H,1-2H3;5H,1-4H3/b;;;4-3+;;;;;;. The zero-order valence-electron chi connectivity index (χ0n) is 75.0. The van der Waals surface area contributed by atoms with Gasteiger partial charge in [0, 0.05) is 51.5 Å². The molecule has 0 bridgehead atoms. The minimum absolute atomic E-state index is 0.0602. The lowest BCUT2D eigenvalue weighted by Crippen LogP contribution is -2.48. The summed E-state index contributed by atoms with van der Waals surface area (Å²) >= 11 is 0. The van der Waals surface area contributed by atoms with Gasteiger partial charge in [-0.05, 0) is 54.1 Å². The van der Waals surface area contributed by atoms with Crippen molar-refractivity contribution in [2.45, 2.75) is 180 Å². The van der Waals surface area contributed by atoms with Gasteiger partial charge in [0.15, 0.2) is 52.6 Å². The number of hydrogen-bond donors (Lipinski definition) is 0. The lowest BCUT2D eigenvalue weighted by Gasteiger charge is -2.28. The number of para-hydroxylation sites is 2. The van der Waals surface area contributed by atoms with Gasteiger partial charge in [-0.1, -0.05) is 367 Å². The number of nitrogens with zero attached hydrogens (tertiary/aromatic N) is 3. The van der Waals surface area contributed by atoms with Crippen LogP contribution in [0.3, 0.4) is 0 Å². The number of hydrogen-bond acceptors (Lipinski definition) is 6. The molecule has 0 atom stereocenters. The van der Waals surface area contributed by atoms with Crippen molar-refractivity contribution in [1.29, 1.82) is 15.8 Å². The number of rotatable bonds is 12. The first-order chi connectivity index (χ1) is 58.8. The highest BCUT2D eigenvalue weighted by molar-refractivity contribution is 7.79. The number of benzene rings is 8. The molecule has 8 aromatic rings. The molecule has 0 amide bonds. The van der Waals surface area contributed by atoms with E-state index in [2.05, 4.69) is 143 Å². The van der Waals surface area contributed by atoms with Gasteiger partial charge in [0.05, 0.1) is 12.7 Å². The fourth-order valence-electron chi connectivity index (χ4n) is 10.5. The molecule has 0 saturated carbocycles. The molecular formula is C98H108B2F19N3O3P2. The summed E-state index contributed by atoms with van der Waals surface area (Å²) in [5.74, 6) is -4.63. The Morgan fingerprint density at radius 3 is 1.00 bits per heavy atom.